The van der Waals surface area contributed by atoms with Gasteiger partial charge in [0.25, 0.3) is 0 Å². The van der Waals surface area contributed by atoms with E-state index in [2.05, 4.69) is 31.4 Å². The Morgan fingerprint density at radius 3 is 2.55 bits per heavy atom. The van der Waals surface area contributed by atoms with Crippen LogP contribution in [0.2, 0.25) is 10.0 Å². The average Bonchev–Trinajstić information content (AvgIpc) is 3.03. The Balaban J connectivity index is 2.04. The molecule has 1 amide bonds. The second-order valence-electron chi connectivity index (χ2n) is 7.18. The van der Waals surface area contributed by atoms with Crippen molar-refractivity contribution in [1.29, 1.82) is 0 Å². The number of amides is 1. The molecular formula is C19H20BrCl2N5O2. The van der Waals surface area contributed by atoms with Crippen LogP contribution in [0, 0.1) is 0 Å². The lowest BCUT2D eigenvalue weighted by molar-refractivity contribution is -0.126. The molecule has 1 aromatic carbocycles. The van der Waals surface area contributed by atoms with Crippen molar-refractivity contribution in [2.75, 3.05) is 7.11 Å². The first-order valence-electron chi connectivity index (χ1n) is 8.72. The summed E-state index contributed by atoms with van der Waals surface area (Å²) in [7, 11) is 1.50. The number of nitrogens with one attached hydrogen (secondary N) is 1. The van der Waals surface area contributed by atoms with Crippen LogP contribution in [0.5, 0.6) is 5.75 Å². The summed E-state index contributed by atoms with van der Waals surface area (Å²) in [5.41, 5.74) is 6.37. The lowest BCUT2D eigenvalue weighted by Crippen LogP contribution is -2.50. The van der Waals surface area contributed by atoms with E-state index in [0.29, 0.717) is 33.7 Å². The Morgan fingerprint density at radius 1 is 1.31 bits per heavy atom. The highest BCUT2D eigenvalue weighted by atomic mass is 79.9. The third kappa shape index (κ3) is 4.83. The van der Waals surface area contributed by atoms with Crippen molar-refractivity contribution in [2.45, 2.75) is 31.8 Å². The van der Waals surface area contributed by atoms with E-state index in [1.54, 1.807) is 26.0 Å². The lowest BCUT2D eigenvalue weighted by atomic mass is 10.0. The normalized spacial score (nSPS) is 12.8. The molecule has 0 aliphatic carbocycles. The van der Waals surface area contributed by atoms with E-state index in [9.17, 15) is 4.79 Å². The van der Waals surface area contributed by atoms with Gasteiger partial charge in [0.1, 0.15) is 0 Å². The molecule has 3 aromatic rings. The molecule has 29 heavy (non-hydrogen) atoms. The number of carbonyl (C=O) groups excluding carboxylic acids is 1. The fraction of sp³-hybridized carbons (Fsp3) is 0.316. The molecule has 10 heteroatoms. The fourth-order valence-electron chi connectivity index (χ4n) is 2.83. The van der Waals surface area contributed by atoms with Crippen LogP contribution < -0.4 is 15.8 Å². The van der Waals surface area contributed by atoms with Crippen LogP contribution in [-0.4, -0.2) is 33.2 Å². The summed E-state index contributed by atoms with van der Waals surface area (Å²) in [6, 6.07) is 6.67. The first kappa shape index (κ1) is 21.8. The molecule has 2 heterocycles. The van der Waals surface area contributed by atoms with Crippen LogP contribution in [0.15, 0.2) is 34.9 Å². The first-order chi connectivity index (χ1) is 13.6. The van der Waals surface area contributed by atoms with Crippen LogP contribution >= 0.6 is 39.1 Å². The summed E-state index contributed by atoms with van der Waals surface area (Å²) in [5.74, 6) is 0.638. The van der Waals surface area contributed by atoms with E-state index in [-0.39, 0.29) is 5.91 Å². The molecule has 0 spiro atoms. The molecule has 0 aliphatic rings. The van der Waals surface area contributed by atoms with Gasteiger partial charge in [-0.2, -0.15) is 0 Å². The SMILES string of the molecule is COc1c(Cl)cc(C[C@@H](NC(=O)C(C)(C)N)c2nnc3ccc(Br)cn23)cc1Cl. The number of nitrogens with zero attached hydrogens (tertiary/aromatic N) is 3. The zero-order valence-electron chi connectivity index (χ0n) is 16.0. The van der Waals surface area contributed by atoms with E-state index in [4.69, 9.17) is 33.7 Å². The molecule has 0 radical (unpaired) electrons. The summed E-state index contributed by atoms with van der Waals surface area (Å²) in [4.78, 5) is 12.6. The largest absolute Gasteiger partial charge is 0.494 e. The highest BCUT2D eigenvalue weighted by Gasteiger charge is 2.28. The predicted octanol–water partition coefficient (Wildman–Crippen LogP) is 3.94. The molecule has 0 aliphatic heterocycles. The zero-order chi connectivity index (χ0) is 21.3. The van der Waals surface area contributed by atoms with E-state index >= 15 is 0 Å². The topological polar surface area (TPSA) is 94.5 Å². The number of rotatable bonds is 6. The number of methoxy groups -OCH3 is 1. The number of nitrogens with two attached hydrogens (primary N) is 1. The second-order valence-corrected chi connectivity index (χ2v) is 8.91. The highest BCUT2D eigenvalue weighted by Crippen LogP contribution is 2.35. The molecule has 0 bridgehead atoms. The minimum Gasteiger partial charge on any atom is -0.494 e. The van der Waals surface area contributed by atoms with Crippen molar-refractivity contribution in [2.24, 2.45) is 5.73 Å². The highest BCUT2D eigenvalue weighted by molar-refractivity contribution is 9.10. The number of hydrogen-bond acceptors (Lipinski definition) is 5. The Labute approximate surface area is 186 Å². The van der Waals surface area contributed by atoms with Gasteiger partial charge in [-0.1, -0.05) is 23.2 Å². The number of fused-ring (bicyclic) bond motifs is 1. The Hall–Kier alpha value is -1.87. The summed E-state index contributed by atoms with van der Waals surface area (Å²) in [5, 5.41) is 12.2. The van der Waals surface area contributed by atoms with Crippen molar-refractivity contribution in [3.63, 3.8) is 0 Å². The minimum absolute atomic E-state index is 0.319. The lowest BCUT2D eigenvalue weighted by Gasteiger charge is -2.24. The van der Waals surface area contributed by atoms with Crippen molar-refractivity contribution >= 4 is 50.7 Å². The number of hydrogen-bond donors (Lipinski definition) is 2. The molecular weight excluding hydrogens is 481 g/mol. The van der Waals surface area contributed by atoms with E-state index in [1.807, 2.05) is 22.7 Å². The van der Waals surface area contributed by atoms with Gasteiger partial charge < -0.3 is 15.8 Å². The van der Waals surface area contributed by atoms with Gasteiger partial charge in [-0.15, -0.1) is 10.2 Å². The Morgan fingerprint density at radius 2 is 1.97 bits per heavy atom. The maximum atomic E-state index is 12.6. The summed E-state index contributed by atoms with van der Waals surface area (Å²) >= 11 is 16.0. The summed E-state index contributed by atoms with van der Waals surface area (Å²) in [6.45, 7) is 3.28. The molecule has 2 aromatic heterocycles. The molecule has 7 nitrogen and oxygen atoms in total. The first-order valence-corrected chi connectivity index (χ1v) is 10.3. The van der Waals surface area contributed by atoms with Crippen LogP contribution in [0.4, 0.5) is 0 Å². The monoisotopic (exact) mass is 499 g/mol. The van der Waals surface area contributed by atoms with Crippen molar-refractivity contribution < 1.29 is 9.53 Å². The standard InChI is InChI=1S/C19H20BrCl2N5O2/c1-19(2,23)18(28)24-14(8-10-6-12(21)16(29-3)13(22)7-10)17-26-25-15-5-4-11(20)9-27(15)17/h4-7,9,14H,8,23H2,1-3H3,(H,24,28)/t14-/m1/s1. The van der Waals surface area contributed by atoms with Crippen LogP contribution in [-0.2, 0) is 11.2 Å². The van der Waals surface area contributed by atoms with E-state index in [0.717, 1.165) is 10.0 Å². The van der Waals surface area contributed by atoms with Gasteiger partial charge >= 0.3 is 0 Å². The van der Waals surface area contributed by atoms with Crippen LogP contribution in [0.3, 0.4) is 0 Å². The minimum atomic E-state index is -1.06. The van der Waals surface area contributed by atoms with Crippen LogP contribution in [0.25, 0.3) is 5.65 Å². The maximum Gasteiger partial charge on any atom is 0.240 e. The maximum absolute atomic E-state index is 12.6. The number of ether oxygens (including phenoxy) is 1. The van der Waals surface area contributed by atoms with Gasteiger partial charge in [-0.25, -0.2) is 0 Å². The second kappa shape index (κ2) is 8.47. The van der Waals surface area contributed by atoms with Crippen molar-refractivity contribution in [3.8, 4) is 5.75 Å². The molecule has 0 saturated heterocycles. The van der Waals surface area contributed by atoms with E-state index in [1.165, 1.54) is 7.11 Å². The molecule has 0 unspecified atom stereocenters. The molecule has 3 N–H and O–H groups in total. The van der Waals surface area contributed by atoms with E-state index < -0.39 is 11.6 Å². The molecule has 0 saturated carbocycles. The van der Waals surface area contributed by atoms with Gasteiger partial charge in [0.2, 0.25) is 5.91 Å². The third-order valence-electron chi connectivity index (χ3n) is 4.30. The molecule has 1 atom stereocenters. The van der Waals surface area contributed by atoms with Gasteiger partial charge in [0.05, 0.1) is 28.7 Å². The smallest absolute Gasteiger partial charge is 0.240 e. The van der Waals surface area contributed by atoms with Gasteiger partial charge in [0.15, 0.2) is 17.2 Å². The fourth-order valence-corrected chi connectivity index (χ4v) is 3.86. The Bertz CT molecular complexity index is 1040. The number of halogens is 3. The zero-order valence-corrected chi connectivity index (χ0v) is 19.1. The number of carbonyl (C=O) groups is 1. The average molecular weight is 501 g/mol. The number of aromatic nitrogens is 3. The van der Waals surface area contributed by atoms with Crippen LogP contribution in [0.1, 0.15) is 31.3 Å². The number of pyridine rings is 1. The molecule has 0 fully saturated rings. The van der Waals surface area contributed by atoms with Crippen molar-refractivity contribution in [1.82, 2.24) is 19.9 Å². The molecule has 3 rings (SSSR count). The van der Waals surface area contributed by atoms with Gasteiger partial charge in [-0.05, 0) is 59.6 Å². The predicted molar refractivity (Wildman–Crippen MR) is 117 cm³/mol. The quantitative estimate of drug-likeness (QED) is 0.534. The molecule has 154 valence electrons. The Kier molecular flexibility index (Phi) is 6.38. The van der Waals surface area contributed by atoms with Gasteiger partial charge in [0, 0.05) is 17.1 Å². The summed E-state index contributed by atoms with van der Waals surface area (Å²) in [6.07, 6.45) is 2.21. The van der Waals surface area contributed by atoms with Crippen molar-refractivity contribution in [3.05, 3.63) is 56.4 Å². The number of benzene rings is 1. The summed E-state index contributed by atoms with van der Waals surface area (Å²) < 4.78 is 7.87. The third-order valence-corrected chi connectivity index (χ3v) is 5.33. The van der Waals surface area contributed by atoms with Gasteiger partial charge in [-0.3, -0.25) is 9.20 Å².